The summed E-state index contributed by atoms with van der Waals surface area (Å²) in [6.45, 7) is 0.409. The SMILES string of the molecule is O=C(O)c1ccc(S(=O)(=O)NCC2CC3CCC2C3)o1. The van der Waals surface area contributed by atoms with Gasteiger partial charge in [-0.05, 0) is 49.1 Å². The van der Waals surface area contributed by atoms with Gasteiger partial charge in [0.05, 0.1) is 0 Å². The summed E-state index contributed by atoms with van der Waals surface area (Å²) in [5.74, 6) is 0.146. The molecule has 2 fully saturated rings. The highest BCUT2D eigenvalue weighted by molar-refractivity contribution is 7.89. The fourth-order valence-corrected chi connectivity index (χ4v) is 4.52. The van der Waals surface area contributed by atoms with Crippen LogP contribution in [0.15, 0.2) is 21.6 Å². The average molecular weight is 299 g/mol. The number of sulfonamides is 1. The normalized spacial score (nSPS) is 28.9. The summed E-state index contributed by atoms with van der Waals surface area (Å²) in [4.78, 5) is 10.7. The van der Waals surface area contributed by atoms with Crippen molar-refractivity contribution in [2.45, 2.75) is 30.8 Å². The maximum absolute atomic E-state index is 12.0. The topological polar surface area (TPSA) is 96.6 Å². The van der Waals surface area contributed by atoms with E-state index < -0.39 is 16.0 Å². The third-order valence-electron chi connectivity index (χ3n) is 4.48. The van der Waals surface area contributed by atoms with E-state index in [-0.39, 0.29) is 10.9 Å². The molecule has 2 aliphatic rings. The summed E-state index contributed by atoms with van der Waals surface area (Å²) in [6, 6.07) is 2.32. The number of rotatable bonds is 5. The van der Waals surface area contributed by atoms with Crippen LogP contribution in [0.4, 0.5) is 0 Å². The molecule has 2 N–H and O–H groups in total. The minimum atomic E-state index is -3.76. The van der Waals surface area contributed by atoms with E-state index in [1.54, 1.807) is 0 Å². The first-order valence-corrected chi connectivity index (χ1v) is 8.27. The molecule has 7 heteroatoms. The monoisotopic (exact) mass is 299 g/mol. The number of aromatic carboxylic acids is 1. The van der Waals surface area contributed by atoms with Crippen molar-refractivity contribution in [1.82, 2.24) is 4.72 Å². The molecule has 6 nitrogen and oxygen atoms in total. The van der Waals surface area contributed by atoms with Crippen molar-refractivity contribution in [3.8, 4) is 0 Å². The van der Waals surface area contributed by atoms with Crippen LogP contribution >= 0.6 is 0 Å². The molecule has 2 bridgehead atoms. The highest BCUT2D eigenvalue weighted by atomic mass is 32.2. The summed E-state index contributed by atoms with van der Waals surface area (Å²) in [6.07, 6.45) is 4.77. The summed E-state index contributed by atoms with van der Waals surface area (Å²) < 4.78 is 31.4. The lowest BCUT2D eigenvalue weighted by molar-refractivity contribution is 0.0656. The summed E-state index contributed by atoms with van der Waals surface area (Å²) in [7, 11) is -3.76. The van der Waals surface area contributed by atoms with Crippen LogP contribution < -0.4 is 4.72 Å². The molecule has 0 saturated heterocycles. The van der Waals surface area contributed by atoms with Crippen molar-refractivity contribution in [2.75, 3.05) is 6.54 Å². The minimum Gasteiger partial charge on any atom is -0.475 e. The minimum absolute atomic E-state index is 0.335. The number of hydrogen-bond donors (Lipinski definition) is 2. The first kappa shape index (κ1) is 13.6. The lowest BCUT2D eigenvalue weighted by atomic mass is 9.89. The molecule has 2 saturated carbocycles. The zero-order chi connectivity index (χ0) is 14.3. The Kier molecular flexibility index (Phi) is 3.33. The molecule has 0 aliphatic heterocycles. The molecule has 0 radical (unpaired) electrons. The van der Waals surface area contributed by atoms with Crippen LogP contribution in [0.25, 0.3) is 0 Å². The van der Waals surface area contributed by atoms with E-state index in [1.807, 2.05) is 0 Å². The van der Waals surface area contributed by atoms with E-state index in [9.17, 15) is 13.2 Å². The molecule has 2 aliphatic carbocycles. The van der Waals surface area contributed by atoms with Crippen LogP contribution in [0, 0.1) is 17.8 Å². The molecule has 0 aromatic carbocycles. The van der Waals surface area contributed by atoms with Gasteiger partial charge >= 0.3 is 5.97 Å². The van der Waals surface area contributed by atoms with Gasteiger partial charge in [-0.2, -0.15) is 0 Å². The van der Waals surface area contributed by atoms with E-state index in [1.165, 1.54) is 25.3 Å². The van der Waals surface area contributed by atoms with E-state index in [2.05, 4.69) is 4.72 Å². The van der Waals surface area contributed by atoms with Gasteiger partial charge in [0.1, 0.15) is 0 Å². The van der Waals surface area contributed by atoms with E-state index >= 15 is 0 Å². The smallest absolute Gasteiger partial charge is 0.371 e. The van der Waals surface area contributed by atoms with Gasteiger partial charge in [0.25, 0.3) is 10.0 Å². The Balaban J connectivity index is 1.64. The van der Waals surface area contributed by atoms with E-state index in [4.69, 9.17) is 9.52 Å². The van der Waals surface area contributed by atoms with Crippen LogP contribution in [0.5, 0.6) is 0 Å². The molecule has 1 aromatic heterocycles. The maximum Gasteiger partial charge on any atom is 0.371 e. The predicted octanol–water partition coefficient (Wildman–Crippen LogP) is 1.69. The van der Waals surface area contributed by atoms with E-state index in [0.29, 0.717) is 18.4 Å². The van der Waals surface area contributed by atoms with Crippen molar-refractivity contribution in [3.63, 3.8) is 0 Å². The van der Waals surface area contributed by atoms with Gasteiger partial charge in [0, 0.05) is 6.54 Å². The van der Waals surface area contributed by atoms with Crippen LogP contribution in [0.3, 0.4) is 0 Å². The Bertz CT molecular complexity index is 620. The molecular formula is C13H17NO5S. The molecule has 0 spiro atoms. The van der Waals surface area contributed by atoms with Crippen molar-refractivity contribution >= 4 is 16.0 Å². The highest BCUT2D eigenvalue weighted by Gasteiger charge is 2.39. The standard InChI is InChI=1S/C13H17NO5S/c15-13(16)11-3-4-12(19-11)20(17,18)14-7-10-6-8-1-2-9(10)5-8/h3-4,8-10,14H,1-2,5-7H2,(H,15,16). The molecule has 20 heavy (non-hydrogen) atoms. The number of fused-ring (bicyclic) bond motifs is 2. The molecule has 3 unspecified atom stereocenters. The van der Waals surface area contributed by atoms with Crippen LogP contribution in [0.1, 0.15) is 36.2 Å². The van der Waals surface area contributed by atoms with Gasteiger partial charge < -0.3 is 9.52 Å². The zero-order valence-corrected chi connectivity index (χ0v) is 11.7. The molecule has 3 rings (SSSR count). The van der Waals surface area contributed by atoms with Gasteiger partial charge in [-0.1, -0.05) is 6.42 Å². The Labute approximate surface area is 117 Å². The van der Waals surface area contributed by atoms with Crippen molar-refractivity contribution in [2.24, 2.45) is 17.8 Å². The maximum atomic E-state index is 12.0. The second kappa shape index (κ2) is 4.89. The summed E-state index contributed by atoms with van der Waals surface area (Å²) >= 11 is 0. The molecule has 110 valence electrons. The fourth-order valence-electron chi connectivity index (χ4n) is 3.49. The highest BCUT2D eigenvalue weighted by Crippen LogP contribution is 2.48. The Hall–Kier alpha value is -1.34. The molecule has 0 amide bonds. The van der Waals surface area contributed by atoms with Crippen molar-refractivity contribution in [3.05, 3.63) is 17.9 Å². The van der Waals surface area contributed by atoms with E-state index in [0.717, 1.165) is 18.4 Å². The zero-order valence-electron chi connectivity index (χ0n) is 10.9. The van der Waals surface area contributed by atoms with Gasteiger partial charge in [0.15, 0.2) is 0 Å². The predicted molar refractivity (Wildman–Crippen MR) is 69.8 cm³/mol. The summed E-state index contributed by atoms with van der Waals surface area (Å²) in [5.41, 5.74) is 0. The second-order valence-corrected chi connectivity index (χ2v) is 7.41. The Morgan fingerprint density at radius 1 is 1.35 bits per heavy atom. The van der Waals surface area contributed by atoms with Crippen LogP contribution in [-0.2, 0) is 10.0 Å². The quantitative estimate of drug-likeness (QED) is 0.862. The largest absolute Gasteiger partial charge is 0.475 e. The van der Waals surface area contributed by atoms with Gasteiger partial charge in [-0.3, -0.25) is 0 Å². The van der Waals surface area contributed by atoms with Crippen molar-refractivity contribution < 1.29 is 22.7 Å². The van der Waals surface area contributed by atoms with Crippen molar-refractivity contribution in [1.29, 1.82) is 0 Å². The summed E-state index contributed by atoms with van der Waals surface area (Å²) in [5, 5.41) is 8.39. The van der Waals surface area contributed by atoms with Crippen LogP contribution in [-0.4, -0.2) is 26.0 Å². The Morgan fingerprint density at radius 2 is 2.15 bits per heavy atom. The lowest BCUT2D eigenvalue weighted by Gasteiger charge is -2.21. The lowest BCUT2D eigenvalue weighted by Crippen LogP contribution is -2.31. The van der Waals surface area contributed by atoms with Gasteiger partial charge in [-0.15, -0.1) is 0 Å². The second-order valence-electron chi connectivity index (χ2n) is 5.71. The first-order valence-electron chi connectivity index (χ1n) is 6.78. The number of hydrogen-bond acceptors (Lipinski definition) is 4. The number of furan rings is 1. The average Bonchev–Trinajstić information content (AvgIpc) is 3.11. The molecule has 1 heterocycles. The molecule has 3 atom stereocenters. The Morgan fingerprint density at radius 3 is 2.70 bits per heavy atom. The number of nitrogens with one attached hydrogen (secondary N) is 1. The first-order chi connectivity index (χ1) is 9.45. The number of carboxylic acids is 1. The number of carbonyl (C=O) groups is 1. The van der Waals surface area contributed by atoms with Crippen LogP contribution in [0.2, 0.25) is 0 Å². The third kappa shape index (κ3) is 2.47. The third-order valence-corrected chi connectivity index (χ3v) is 5.77. The van der Waals surface area contributed by atoms with Gasteiger partial charge in [-0.25, -0.2) is 17.9 Å². The molecule has 1 aromatic rings. The number of carboxylic acid groups (broad SMARTS) is 1. The fraction of sp³-hybridized carbons (Fsp3) is 0.615. The van der Waals surface area contributed by atoms with Gasteiger partial charge in [0.2, 0.25) is 10.9 Å². The molecular weight excluding hydrogens is 282 g/mol.